The number of halogens is 1. The molecule has 0 fully saturated rings. The van der Waals surface area contributed by atoms with E-state index < -0.39 is 0 Å². The highest BCUT2D eigenvalue weighted by Gasteiger charge is 2.21. The van der Waals surface area contributed by atoms with E-state index in [1.807, 2.05) is 19.2 Å². The van der Waals surface area contributed by atoms with Gasteiger partial charge in [0.2, 0.25) is 0 Å². The summed E-state index contributed by atoms with van der Waals surface area (Å²) in [7, 11) is 2.01. The molecule has 2 unspecified atom stereocenters. The van der Waals surface area contributed by atoms with Gasteiger partial charge in [0.25, 0.3) is 0 Å². The Balaban J connectivity index is 2.44. The van der Waals surface area contributed by atoms with Crippen molar-refractivity contribution in [2.45, 2.75) is 32.7 Å². The first-order valence-electron chi connectivity index (χ1n) is 6.89. The van der Waals surface area contributed by atoms with Crippen molar-refractivity contribution in [3.05, 3.63) is 40.5 Å². The molecule has 1 heterocycles. The smallest absolute Gasteiger partial charge is 0.0725 e. The average molecular weight is 321 g/mol. The maximum atomic E-state index is 4.84. The molecule has 0 radical (unpaired) electrons. The van der Waals surface area contributed by atoms with Gasteiger partial charge in [0, 0.05) is 9.86 Å². The second-order valence-electron chi connectivity index (χ2n) is 5.08. The van der Waals surface area contributed by atoms with Gasteiger partial charge in [0.05, 0.1) is 17.3 Å². The van der Waals surface area contributed by atoms with Gasteiger partial charge in [-0.05, 0) is 47.4 Å². The number of pyridine rings is 1. The van der Waals surface area contributed by atoms with Crippen LogP contribution in [0.3, 0.4) is 0 Å². The van der Waals surface area contributed by atoms with Crippen LogP contribution in [-0.4, -0.2) is 12.0 Å². The summed E-state index contributed by atoms with van der Waals surface area (Å²) in [6.07, 6.45) is 2.40. The van der Waals surface area contributed by atoms with Crippen LogP contribution < -0.4 is 5.32 Å². The lowest BCUT2D eigenvalue weighted by atomic mass is 9.94. The first kappa shape index (κ1) is 14.5. The van der Waals surface area contributed by atoms with Crippen molar-refractivity contribution < 1.29 is 0 Å². The Morgan fingerprint density at radius 3 is 2.74 bits per heavy atom. The minimum Gasteiger partial charge on any atom is -0.311 e. The van der Waals surface area contributed by atoms with Gasteiger partial charge in [-0.15, -0.1) is 0 Å². The molecule has 0 bridgehead atoms. The number of para-hydroxylation sites is 1. The lowest BCUT2D eigenvalue weighted by molar-refractivity contribution is 0.376. The van der Waals surface area contributed by atoms with Crippen LogP contribution in [0.4, 0.5) is 0 Å². The summed E-state index contributed by atoms with van der Waals surface area (Å²) in [5, 5.41) is 4.59. The van der Waals surface area contributed by atoms with Crippen molar-refractivity contribution in [1.29, 1.82) is 0 Å². The van der Waals surface area contributed by atoms with E-state index in [9.17, 15) is 0 Å². The van der Waals surface area contributed by atoms with E-state index >= 15 is 0 Å². The number of benzene rings is 1. The fourth-order valence-corrected chi connectivity index (χ4v) is 3.22. The second-order valence-corrected chi connectivity index (χ2v) is 5.93. The van der Waals surface area contributed by atoms with Gasteiger partial charge in [0.1, 0.15) is 0 Å². The molecule has 3 heteroatoms. The monoisotopic (exact) mass is 320 g/mol. The van der Waals surface area contributed by atoms with E-state index in [4.69, 9.17) is 4.98 Å². The van der Waals surface area contributed by atoms with Crippen LogP contribution in [0.2, 0.25) is 0 Å². The van der Waals surface area contributed by atoms with Gasteiger partial charge < -0.3 is 5.32 Å². The lowest BCUT2D eigenvalue weighted by Gasteiger charge is -2.24. The Morgan fingerprint density at radius 2 is 2.05 bits per heavy atom. The molecule has 0 aliphatic heterocycles. The maximum absolute atomic E-state index is 4.84. The van der Waals surface area contributed by atoms with Gasteiger partial charge in [0.15, 0.2) is 0 Å². The molecular formula is C16H21BrN2. The molecule has 102 valence electrons. The van der Waals surface area contributed by atoms with Crippen LogP contribution in [0.5, 0.6) is 0 Å². The summed E-state index contributed by atoms with van der Waals surface area (Å²) in [6.45, 7) is 4.51. The quantitative estimate of drug-likeness (QED) is 0.864. The predicted molar refractivity (Wildman–Crippen MR) is 85.3 cm³/mol. The van der Waals surface area contributed by atoms with Crippen LogP contribution in [0, 0.1) is 5.92 Å². The van der Waals surface area contributed by atoms with Gasteiger partial charge >= 0.3 is 0 Å². The number of hydrogen-bond acceptors (Lipinski definition) is 2. The highest BCUT2D eigenvalue weighted by molar-refractivity contribution is 9.10. The molecule has 2 atom stereocenters. The van der Waals surface area contributed by atoms with Crippen molar-refractivity contribution in [2.24, 2.45) is 5.92 Å². The van der Waals surface area contributed by atoms with E-state index in [-0.39, 0.29) is 0 Å². The van der Waals surface area contributed by atoms with Crippen LogP contribution in [0.25, 0.3) is 10.9 Å². The molecule has 0 aliphatic carbocycles. The number of nitrogens with zero attached hydrogens (tertiary/aromatic N) is 1. The Bertz CT molecular complexity index is 553. The highest BCUT2D eigenvalue weighted by atomic mass is 79.9. The third kappa shape index (κ3) is 3.15. The molecule has 0 spiro atoms. The topological polar surface area (TPSA) is 24.9 Å². The average Bonchev–Trinajstić information content (AvgIpc) is 2.40. The summed E-state index contributed by atoms with van der Waals surface area (Å²) in [5.74, 6) is 0.569. The minimum absolute atomic E-state index is 0.291. The number of aromatic nitrogens is 1. The van der Waals surface area contributed by atoms with Crippen LogP contribution in [0.1, 0.15) is 38.4 Å². The zero-order chi connectivity index (χ0) is 13.8. The zero-order valence-electron chi connectivity index (χ0n) is 11.8. The third-order valence-corrected chi connectivity index (χ3v) is 4.26. The van der Waals surface area contributed by atoms with E-state index in [2.05, 4.69) is 53.3 Å². The number of fused-ring (bicyclic) bond motifs is 1. The normalized spacial score (nSPS) is 14.5. The molecule has 2 nitrogen and oxygen atoms in total. The van der Waals surface area contributed by atoms with Crippen molar-refractivity contribution in [3.8, 4) is 0 Å². The van der Waals surface area contributed by atoms with E-state index in [1.54, 1.807) is 0 Å². The van der Waals surface area contributed by atoms with Gasteiger partial charge in [-0.3, -0.25) is 0 Å². The SMILES string of the molecule is CCCC(C)C(NC)c1nc2ccccc2cc1Br. The van der Waals surface area contributed by atoms with E-state index in [0.29, 0.717) is 12.0 Å². The number of rotatable bonds is 5. The molecule has 0 aliphatic rings. The molecule has 2 aromatic rings. The number of hydrogen-bond donors (Lipinski definition) is 1. The maximum Gasteiger partial charge on any atom is 0.0725 e. The van der Waals surface area contributed by atoms with Crippen LogP contribution >= 0.6 is 15.9 Å². The molecule has 0 saturated carbocycles. The Kier molecular flexibility index (Phi) is 4.94. The van der Waals surface area contributed by atoms with Gasteiger partial charge in [-0.1, -0.05) is 38.5 Å². The summed E-state index contributed by atoms with van der Waals surface area (Å²) in [5.41, 5.74) is 2.17. The molecular weight excluding hydrogens is 300 g/mol. The van der Waals surface area contributed by atoms with Crippen molar-refractivity contribution in [1.82, 2.24) is 10.3 Å². The van der Waals surface area contributed by atoms with E-state index in [1.165, 1.54) is 18.2 Å². The lowest BCUT2D eigenvalue weighted by Crippen LogP contribution is -2.25. The van der Waals surface area contributed by atoms with Crippen molar-refractivity contribution in [2.75, 3.05) is 7.05 Å². The molecule has 0 amide bonds. The fourth-order valence-electron chi connectivity index (χ4n) is 2.64. The minimum atomic E-state index is 0.291. The van der Waals surface area contributed by atoms with Gasteiger partial charge in [-0.2, -0.15) is 0 Å². The molecule has 0 saturated heterocycles. The first-order valence-corrected chi connectivity index (χ1v) is 7.69. The van der Waals surface area contributed by atoms with Crippen molar-refractivity contribution in [3.63, 3.8) is 0 Å². The van der Waals surface area contributed by atoms with Crippen LogP contribution in [0.15, 0.2) is 34.8 Å². The molecule has 19 heavy (non-hydrogen) atoms. The zero-order valence-corrected chi connectivity index (χ0v) is 13.4. The molecule has 1 aromatic heterocycles. The Labute approximate surface area is 123 Å². The largest absolute Gasteiger partial charge is 0.311 e. The Morgan fingerprint density at radius 1 is 1.32 bits per heavy atom. The number of nitrogens with one attached hydrogen (secondary N) is 1. The third-order valence-electron chi connectivity index (χ3n) is 3.62. The predicted octanol–water partition coefficient (Wildman–Crippen LogP) is 4.69. The standard InChI is InChI=1S/C16H21BrN2/c1-4-7-11(2)15(18-3)16-13(17)10-12-8-5-6-9-14(12)19-16/h5-6,8-11,15,18H,4,7H2,1-3H3. The second kappa shape index (κ2) is 6.49. The molecule has 2 rings (SSSR count). The highest BCUT2D eigenvalue weighted by Crippen LogP contribution is 2.31. The first-order chi connectivity index (χ1) is 9.17. The summed E-state index contributed by atoms with van der Waals surface area (Å²) in [4.78, 5) is 4.84. The fraction of sp³-hybridized carbons (Fsp3) is 0.438. The van der Waals surface area contributed by atoms with E-state index in [0.717, 1.165) is 15.7 Å². The summed E-state index contributed by atoms with van der Waals surface area (Å²) in [6, 6.07) is 10.7. The molecule has 1 N–H and O–H groups in total. The van der Waals surface area contributed by atoms with Crippen molar-refractivity contribution >= 4 is 26.8 Å². The summed E-state index contributed by atoms with van der Waals surface area (Å²) < 4.78 is 1.09. The summed E-state index contributed by atoms with van der Waals surface area (Å²) >= 11 is 3.68. The Hall–Kier alpha value is -0.930. The van der Waals surface area contributed by atoms with Crippen LogP contribution in [-0.2, 0) is 0 Å². The van der Waals surface area contributed by atoms with Gasteiger partial charge in [-0.25, -0.2) is 4.98 Å². The molecule has 1 aromatic carbocycles.